The quantitative estimate of drug-likeness (QED) is 0.562. The third-order valence-corrected chi connectivity index (χ3v) is 2.60. The number of thioether (sulfide) groups is 1. The predicted molar refractivity (Wildman–Crippen MR) is 63.9 cm³/mol. The van der Waals surface area contributed by atoms with Crippen molar-refractivity contribution in [2.45, 2.75) is 13.8 Å². The first-order valence-electron chi connectivity index (χ1n) is 4.68. The molecule has 0 bridgehead atoms. The highest BCUT2D eigenvalue weighted by atomic mass is 32.2. The van der Waals surface area contributed by atoms with E-state index < -0.39 is 7.25 Å². The molecule has 0 amide bonds. The molecule has 0 saturated carbocycles. The lowest BCUT2D eigenvalue weighted by Crippen LogP contribution is -2.02. The highest BCUT2D eigenvalue weighted by Gasteiger charge is 2.20. The maximum atomic E-state index is 11.3. The molecule has 7 heteroatoms. The zero-order valence-electron chi connectivity index (χ0n) is 9.64. The summed E-state index contributed by atoms with van der Waals surface area (Å²) >= 11 is 1.26. The summed E-state index contributed by atoms with van der Waals surface area (Å²) in [7, 11) is -6.00. The van der Waals surface area contributed by atoms with E-state index in [-0.39, 0.29) is 5.12 Å². The molecular formula is C10H12BF4OS-. The topological polar surface area (TPSA) is 17.1 Å². The van der Waals surface area contributed by atoms with Gasteiger partial charge in [-0.3, -0.25) is 4.79 Å². The Bertz CT molecular complexity index is 386. The average molecular weight is 267 g/mol. The minimum Gasteiger partial charge on any atom is -0.418 e. The van der Waals surface area contributed by atoms with Gasteiger partial charge in [0.2, 0.25) is 5.12 Å². The fourth-order valence-corrected chi connectivity index (χ4v) is 1.52. The van der Waals surface area contributed by atoms with E-state index in [1.54, 1.807) is 0 Å². The van der Waals surface area contributed by atoms with Crippen LogP contribution in [-0.2, 0) is 0 Å². The second-order valence-corrected chi connectivity index (χ2v) is 4.01. The van der Waals surface area contributed by atoms with Gasteiger partial charge in [-0.05, 0) is 31.2 Å². The maximum Gasteiger partial charge on any atom is 0.673 e. The van der Waals surface area contributed by atoms with Gasteiger partial charge in [0, 0.05) is 5.56 Å². The molecule has 0 atom stereocenters. The molecule has 96 valence electrons. The van der Waals surface area contributed by atoms with Crippen molar-refractivity contribution in [3.8, 4) is 0 Å². The van der Waals surface area contributed by atoms with Crippen molar-refractivity contribution in [3.05, 3.63) is 34.9 Å². The molecule has 0 fully saturated rings. The lowest BCUT2D eigenvalue weighted by molar-refractivity contribution is 0.108. The van der Waals surface area contributed by atoms with Crippen LogP contribution in [0.15, 0.2) is 18.2 Å². The summed E-state index contributed by atoms with van der Waals surface area (Å²) in [5, 5.41) is 0.149. The Morgan fingerprint density at radius 2 is 1.65 bits per heavy atom. The predicted octanol–water partition coefficient (Wildman–Crippen LogP) is 4.11. The van der Waals surface area contributed by atoms with Gasteiger partial charge in [-0.15, -0.1) is 0 Å². The highest BCUT2D eigenvalue weighted by molar-refractivity contribution is 8.13. The first-order valence-corrected chi connectivity index (χ1v) is 5.91. The summed E-state index contributed by atoms with van der Waals surface area (Å²) in [6.07, 6.45) is 1.81. The van der Waals surface area contributed by atoms with Crippen molar-refractivity contribution in [1.29, 1.82) is 0 Å². The van der Waals surface area contributed by atoms with Crippen molar-refractivity contribution < 1.29 is 22.1 Å². The molecule has 1 aromatic carbocycles. The van der Waals surface area contributed by atoms with Gasteiger partial charge in [-0.2, -0.15) is 0 Å². The highest BCUT2D eigenvalue weighted by Crippen LogP contribution is 2.17. The zero-order valence-corrected chi connectivity index (χ0v) is 10.5. The number of halogens is 4. The molecule has 1 nitrogen and oxygen atoms in total. The minimum absolute atomic E-state index is 0.149. The third-order valence-electron chi connectivity index (χ3n) is 2.01. The summed E-state index contributed by atoms with van der Waals surface area (Å²) in [6.45, 7) is 4.01. The van der Waals surface area contributed by atoms with Crippen LogP contribution in [0.2, 0.25) is 0 Å². The molecule has 0 saturated heterocycles. The fourth-order valence-electron chi connectivity index (χ4n) is 1.08. The van der Waals surface area contributed by atoms with Gasteiger partial charge in [-0.25, -0.2) is 0 Å². The van der Waals surface area contributed by atoms with Crippen molar-refractivity contribution in [2.75, 3.05) is 6.26 Å². The van der Waals surface area contributed by atoms with E-state index in [4.69, 9.17) is 0 Å². The van der Waals surface area contributed by atoms with Crippen LogP contribution < -0.4 is 0 Å². The van der Waals surface area contributed by atoms with Gasteiger partial charge in [0.25, 0.3) is 0 Å². The minimum atomic E-state index is -6.00. The normalized spacial score (nSPS) is 10.5. The number of carbonyl (C=O) groups excluding carboxylic acids is 1. The van der Waals surface area contributed by atoms with Gasteiger partial charge in [0.15, 0.2) is 0 Å². The molecule has 0 spiro atoms. The van der Waals surface area contributed by atoms with Crippen LogP contribution in [0.5, 0.6) is 0 Å². The Hall–Kier alpha value is -0.975. The molecule has 1 rings (SSSR count). The Morgan fingerprint density at radius 1 is 1.18 bits per heavy atom. The molecule has 0 heterocycles. The summed E-state index contributed by atoms with van der Waals surface area (Å²) in [5.41, 5.74) is 3.11. The Kier molecular flexibility index (Phi) is 6.30. The number of hydrogen-bond donors (Lipinski definition) is 0. The summed E-state index contributed by atoms with van der Waals surface area (Å²) in [4.78, 5) is 11.3. The van der Waals surface area contributed by atoms with Gasteiger partial charge in [-0.1, -0.05) is 30.0 Å². The first-order chi connectivity index (χ1) is 7.66. The van der Waals surface area contributed by atoms with Gasteiger partial charge < -0.3 is 17.3 Å². The van der Waals surface area contributed by atoms with E-state index in [2.05, 4.69) is 0 Å². The van der Waals surface area contributed by atoms with Crippen molar-refractivity contribution in [2.24, 2.45) is 0 Å². The Labute approximate surface area is 102 Å². The summed E-state index contributed by atoms with van der Waals surface area (Å²) < 4.78 is 39.0. The SMILES string of the molecule is CSC(=O)c1cccc(C)c1C.F[B-](F)(F)F. The van der Waals surface area contributed by atoms with E-state index >= 15 is 0 Å². The van der Waals surface area contributed by atoms with Crippen LogP contribution in [-0.4, -0.2) is 18.6 Å². The third kappa shape index (κ3) is 7.04. The number of aryl methyl sites for hydroxylation is 1. The largest absolute Gasteiger partial charge is 0.673 e. The van der Waals surface area contributed by atoms with Crippen LogP contribution in [0, 0.1) is 13.8 Å². The molecule has 0 radical (unpaired) electrons. The molecule has 0 aliphatic carbocycles. The van der Waals surface area contributed by atoms with Crippen LogP contribution in [0.1, 0.15) is 21.5 Å². The van der Waals surface area contributed by atoms with Gasteiger partial charge in [0.05, 0.1) is 0 Å². The van der Waals surface area contributed by atoms with Crippen LogP contribution >= 0.6 is 11.8 Å². The first kappa shape index (κ1) is 16.0. The van der Waals surface area contributed by atoms with Crippen molar-refractivity contribution in [1.82, 2.24) is 0 Å². The second-order valence-electron chi connectivity index (χ2n) is 3.23. The van der Waals surface area contributed by atoms with E-state index in [1.165, 1.54) is 17.3 Å². The van der Waals surface area contributed by atoms with Crippen LogP contribution in [0.4, 0.5) is 17.3 Å². The molecule has 1 aromatic rings. The second kappa shape index (κ2) is 6.69. The smallest absolute Gasteiger partial charge is 0.418 e. The molecule has 0 aromatic heterocycles. The standard InChI is InChI=1S/C10H12OS.BF4/c1-7-5-4-6-9(8(7)2)10(11)12-3;2-1(3,4)5/h4-6H,1-3H3;/q;-1. The molecule has 0 unspecified atom stereocenters. The molecule has 17 heavy (non-hydrogen) atoms. The molecule has 0 N–H and O–H groups in total. The van der Waals surface area contributed by atoms with E-state index in [0.717, 1.165) is 11.1 Å². The summed E-state index contributed by atoms with van der Waals surface area (Å²) in [5.74, 6) is 0. The summed E-state index contributed by atoms with van der Waals surface area (Å²) in [6, 6.07) is 5.82. The zero-order chi connectivity index (χ0) is 13.6. The lowest BCUT2D eigenvalue weighted by Gasteiger charge is -2.04. The number of hydrogen-bond acceptors (Lipinski definition) is 2. The number of carbonyl (C=O) groups is 1. The van der Waals surface area contributed by atoms with Crippen molar-refractivity contribution >= 4 is 24.1 Å². The van der Waals surface area contributed by atoms with E-state index in [1.807, 2.05) is 38.3 Å². The van der Waals surface area contributed by atoms with Gasteiger partial charge >= 0.3 is 7.25 Å². The monoisotopic (exact) mass is 267 g/mol. The molecule has 0 aliphatic rings. The van der Waals surface area contributed by atoms with Crippen LogP contribution in [0.25, 0.3) is 0 Å². The Balaban J connectivity index is 0.000000437. The van der Waals surface area contributed by atoms with E-state index in [9.17, 15) is 22.1 Å². The van der Waals surface area contributed by atoms with Crippen molar-refractivity contribution in [3.63, 3.8) is 0 Å². The average Bonchev–Trinajstić information content (AvgIpc) is 2.18. The Morgan fingerprint density at radius 3 is 2.06 bits per heavy atom. The number of rotatable bonds is 1. The van der Waals surface area contributed by atoms with E-state index in [0.29, 0.717) is 0 Å². The fraction of sp³-hybridized carbons (Fsp3) is 0.300. The molecular weight excluding hydrogens is 255 g/mol. The van der Waals surface area contributed by atoms with Crippen LogP contribution in [0.3, 0.4) is 0 Å². The maximum absolute atomic E-state index is 11.3. The number of benzene rings is 1. The molecule has 0 aliphatic heterocycles. The lowest BCUT2D eigenvalue weighted by atomic mass is 10.0. The van der Waals surface area contributed by atoms with Gasteiger partial charge in [0.1, 0.15) is 0 Å².